The molecule has 1 atom stereocenters. The third-order valence-corrected chi connectivity index (χ3v) is 4.57. The van der Waals surface area contributed by atoms with Gasteiger partial charge < -0.3 is 19.0 Å². The van der Waals surface area contributed by atoms with Gasteiger partial charge in [0.2, 0.25) is 0 Å². The maximum absolute atomic E-state index is 8.93. The van der Waals surface area contributed by atoms with Gasteiger partial charge in [-0.05, 0) is 53.8 Å². The summed E-state index contributed by atoms with van der Waals surface area (Å²) in [6.07, 6.45) is 0.693. The summed E-state index contributed by atoms with van der Waals surface area (Å²) in [7, 11) is 1.65. The lowest BCUT2D eigenvalue weighted by Crippen LogP contribution is -2.06. The molecular formula is C17H21IO4. The van der Waals surface area contributed by atoms with E-state index in [0.717, 1.165) is 38.4 Å². The van der Waals surface area contributed by atoms with Gasteiger partial charge in [-0.1, -0.05) is 6.92 Å². The highest BCUT2D eigenvalue weighted by Crippen LogP contribution is 2.37. The Labute approximate surface area is 144 Å². The number of aryl methyl sites for hydroxylation is 1. The smallest absolute Gasteiger partial charge is 0.147 e. The Bertz CT molecular complexity index is 604. The van der Waals surface area contributed by atoms with Crippen LogP contribution in [0.5, 0.6) is 5.75 Å². The van der Waals surface area contributed by atoms with E-state index in [1.165, 1.54) is 0 Å². The van der Waals surface area contributed by atoms with Gasteiger partial charge in [0.15, 0.2) is 0 Å². The van der Waals surface area contributed by atoms with E-state index in [9.17, 15) is 0 Å². The molecule has 0 saturated heterocycles. The lowest BCUT2D eigenvalue weighted by molar-refractivity contribution is 0.0372. The monoisotopic (exact) mass is 416 g/mol. The summed E-state index contributed by atoms with van der Waals surface area (Å²) in [4.78, 5) is 0. The van der Waals surface area contributed by atoms with E-state index in [1.54, 1.807) is 7.11 Å². The molecule has 1 unspecified atom stereocenters. The van der Waals surface area contributed by atoms with Crippen LogP contribution in [-0.2, 0) is 11.2 Å². The number of methoxy groups -OCH3 is 1. The molecule has 2 aromatic rings. The van der Waals surface area contributed by atoms with Crippen molar-refractivity contribution in [3.63, 3.8) is 0 Å². The number of hydrogen-bond acceptors (Lipinski definition) is 4. The van der Waals surface area contributed by atoms with Crippen molar-refractivity contribution in [3.05, 3.63) is 39.2 Å². The Morgan fingerprint density at radius 1 is 1.27 bits per heavy atom. The van der Waals surface area contributed by atoms with Gasteiger partial charge in [0.05, 0.1) is 30.0 Å². The second kappa shape index (κ2) is 7.99. The lowest BCUT2D eigenvalue weighted by Gasteiger charge is -2.12. The zero-order chi connectivity index (χ0) is 16.1. The van der Waals surface area contributed by atoms with E-state index in [0.29, 0.717) is 6.61 Å². The van der Waals surface area contributed by atoms with E-state index < -0.39 is 0 Å². The Hall–Kier alpha value is -1.05. The van der Waals surface area contributed by atoms with Gasteiger partial charge >= 0.3 is 0 Å². The summed E-state index contributed by atoms with van der Waals surface area (Å²) >= 11 is 2.31. The maximum atomic E-state index is 8.93. The lowest BCUT2D eigenvalue weighted by atomic mass is 10.1. The number of rotatable bonds is 7. The van der Waals surface area contributed by atoms with E-state index in [-0.39, 0.29) is 12.7 Å². The fraction of sp³-hybridized carbons (Fsp3) is 0.412. The van der Waals surface area contributed by atoms with Crippen molar-refractivity contribution in [1.29, 1.82) is 0 Å². The topological polar surface area (TPSA) is 51.8 Å². The largest absolute Gasteiger partial charge is 0.497 e. The molecule has 0 aliphatic heterocycles. The number of aliphatic hydroxyl groups excluding tert-OH is 1. The summed E-state index contributed by atoms with van der Waals surface area (Å²) < 4.78 is 18.0. The molecule has 0 radical (unpaired) electrons. The molecule has 0 bridgehead atoms. The number of ether oxygens (including phenoxy) is 2. The first-order valence-corrected chi connectivity index (χ1v) is 8.38. The first-order valence-electron chi connectivity index (χ1n) is 7.30. The van der Waals surface area contributed by atoms with Gasteiger partial charge in [0.1, 0.15) is 17.3 Å². The van der Waals surface area contributed by atoms with E-state index in [2.05, 4.69) is 29.5 Å². The number of hydrogen-bond donors (Lipinski definition) is 1. The highest BCUT2D eigenvalue weighted by Gasteiger charge is 2.23. The van der Waals surface area contributed by atoms with Crippen LogP contribution in [0.3, 0.4) is 0 Å². The van der Waals surface area contributed by atoms with Crippen LogP contribution in [-0.4, -0.2) is 25.4 Å². The van der Waals surface area contributed by atoms with Crippen molar-refractivity contribution in [1.82, 2.24) is 0 Å². The van der Waals surface area contributed by atoms with Crippen molar-refractivity contribution in [2.75, 3.05) is 20.3 Å². The van der Waals surface area contributed by atoms with Crippen LogP contribution in [0.15, 0.2) is 28.7 Å². The molecule has 1 heterocycles. The van der Waals surface area contributed by atoms with Crippen molar-refractivity contribution < 1.29 is 19.0 Å². The van der Waals surface area contributed by atoms with Crippen molar-refractivity contribution >= 4 is 22.6 Å². The SMILES string of the molecule is CCc1oc(-c2ccc(OC)cc2)c(I)c1C(C)OCCO. The van der Waals surface area contributed by atoms with Crippen LogP contribution >= 0.6 is 22.6 Å². The van der Waals surface area contributed by atoms with Crippen molar-refractivity contribution in [2.45, 2.75) is 26.4 Å². The Morgan fingerprint density at radius 3 is 2.50 bits per heavy atom. The Kier molecular flexibility index (Phi) is 6.28. The van der Waals surface area contributed by atoms with Gasteiger partial charge in [-0.15, -0.1) is 0 Å². The van der Waals surface area contributed by atoms with E-state index >= 15 is 0 Å². The molecule has 5 heteroatoms. The maximum Gasteiger partial charge on any atom is 0.147 e. The van der Waals surface area contributed by atoms with Crippen LogP contribution in [0.2, 0.25) is 0 Å². The highest BCUT2D eigenvalue weighted by atomic mass is 127. The molecule has 1 aromatic carbocycles. The molecule has 4 nitrogen and oxygen atoms in total. The molecule has 120 valence electrons. The first kappa shape index (κ1) is 17.3. The van der Waals surface area contributed by atoms with Gasteiger partial charge in [0.25, 0.3) is 0 Å². The summed E-state index contributed by atoms with van der Waals surface area (Å²) in [5.74, 6) is 2.61. The fourth-order valence-corrected chi connectivity index (χ4v) is 3.54. The number of benzene rings is 1. The van der Waals surface area contributed by atoms with Crippen LogP contribution < -0.4 is 4.74 Å². The molecule has 22 heavy (non-hydrogen) atoms. The summed E-state index contributed by atoms with van der Waals surface area (Å²) in [6, 6.07) is 7.82. The van der Waals surface area contributed by atoms with Crippen LogP contribution in [0.4, 0.5) is 0 Å². The third kappa shape index (κ3) is 3.64. The number of furan rings is 1. The predicted molar refractivity (Wildman–Crippen MR) is 94.2 cm³/mol. The van der Waals surface area contributed by atoms with Gasteiger partial charge in [0, 0.05) is 17.5 Å². The molecule has 0 spiro atoms. The number of aliphatic hydroxyl groups is 1. The standard InChI is InChI=1S/C17H21IO4/c1-4-14-15(11(2)21-10-9-19)16(18)17(22-14)12-5-7-13(20-3)8-6-12/h5-8,11,19H,4,9-10H2,1-3H3. The molecule has 0 amide bonds. The van der Waals surface area contributed by atoms with Crippen LogP contribution in [0.1, 0.15) is 31.3 Å². The average molecular weight is 416 g/mol. The molecule has 0 aliphatic rings. The molecule has 1 aromatic heterocycles. The molecular weight excluding hydrogens is 395 g/mol. The minimum Gasteiger partial charge on any atom is -0.497 e. The molecule has 1 N–H and O–H groups in total. The second-order valence-electron chi connectivity index (χ2n) is 4.90. The highest BCUT2D eigenvalue weighted by molar-refractivity contribution is 14.1. The van der Waals surface area contributed by atoms with E-state index in [4.69, 9.17) is 19.0 Å². The zero-order valence-corrected chi connectivity index (χ0v) is 15.2. The summed E-state index contributed by atoms with van der Waals surface area (Å²) in [6.45, 7) is 4.39. The minimum atomic E-state index is -0.107. The number of halogens is 1. The second-order valence-corrected chi connectivity index (χ2v) is 5.98. The quantitative estimate of drug-likeness (QED) is 0.688. The third-order valence-electron chi connectivity index (χ3n) is 3.50. The molecule has 0 fully saturated rings. The molecule has 0 aliphatic carbocycles. The van der Waals surface area contributed by atoms with E-state index in [1.807, 2.05) is 31.2 Å². The normalized spacial score (nSPS) is 12.4. The first-order chi connectivity index (χ1) is 10.6. The van der Waals surface area contributed by atoms with Gasteiger partial charge in [-0.3, -0.25) is 0 Å². The van der Waals surface area contributed by atoms with Crippen LogP contribution in [0, 0.1) is 3.57 Å². The predicted octanol–water partition coefficient (Wildman–Crippen LogP) is 4.19. The summed E-state index contributed by atoms with van der Waals surface area (Å²) in [5.41, 5.74) is 2.09. The Morgan fingerprint density at radius 2 is 1.95 bits per heavy atom. The van der Waals surface area contributed by atoms with Crippen molar-refractivity contribution in [3.8, 4) is 17.1 Å². The minimum absolute atomic E-state index is 0.0194. The summed E-state index contributed by atoms with van der Waals surface area (Å²) in [5, 5.41) is 8.93. The van der Waals surface area contributed by atoms with Crippen molar-refractivity contribution in [2.24, 2.45) is 0 Å². The van der Waals surface area contributed by atoms with Crippen LogP contribution in [0.25, 0.3) is 11.3 Å². The average Bonchev–Trinajstić information content (AvgIpc) is 2.89. The fourth-order valence-electron chi connectivity index (χ4n) is 2.38. The molecule has 0 saturated carbocycles. The van der Waals surface area contributed by atoms with Gasteiger partial charge in [-0.2, -0.15) is 0 Å². The van der Waals surface area contributed by atoms with Gasteiger partial charge in [-0.25, -0.2) is 0 Å². The zero-order valence-electron chi connectivity index (χ0n) is 13.1. The molecule has 2 rings (SSSR count). The Balaban J connectivity index is 2.38.